The average molecular weight is 330 g/mol. The third kappa shape index (κ3) is 4.00. The lowest BCUT2D eigenvalue weighted by Crippen LogP contribution is -2.21. The molecule has 2 aromatic carbocycles. The number of aromatic hydroxyl groups is 2. The highest BCUT2D eigenvalue weighted by atomic mass is 16.5. The van der Waals surface area contributed by atoms with Gasteiger partial charge in [0.15, 0.2) is 23.0 Å². The van der Waals surface area contributed by atoms with E-state index in [9.17, 15) is 15.3 Å². The monoisotopic (exact) mass is 330 g/mol. The maximum Gasteiger partial charge on any atom is 0.161 e. The summed E-state index contributed by atoms with van der Waals surface area (Å²) in [5.41, 5.74) is 1.40. The molecule has 0 fully saturated rings. The fraction of sp³-hybridized carbons (Fsp3) is 0.263. The molecule has 0 unspecified atom stereocenters. The summed E-state index contributed by atoms with van der Waals surface area (Å²) in [4.78, 5) is 0. The van der Waals surface area contributed by atoms with Crippen molar-refractivity contribution in [2.24, 2.45) is 0 Å². The van der Waals surface area contributed by atoms with Gasteiger partial charge in [-0.2, -0.15) is 0 Å². The average Bonchev–Trinajstić information content (AvgIpc) is 2.57. The normalized spacial score (nSPS) is 13.7. The van der Waals surface area contributed by atoms with Crippen molar-refractivity contribution in [3.63, 3.8) is 0 Å². The van der Waals surface area contributed by atoms with Crippen molar-refractivity contribution in [1.29, 1.82) is 0 Å². The molecule has 0 spiro atoms. The number of hydrogen-bond donors (Lipinski definition) is 3. The maximum absolute atomic E-state index is 10.4. The summed E-state index contributed by atoms with van der Waals surface area (Å²) < 4.78 is 10.7. The van der Waals surface area contributed by atoms with Gasteiger partial charge in [0.1, 0.15) is 12.2 Å². The van der Waals surface area contributed by atoms with Crippen LogP contribution in [0.2, 0.25) is 0 Å². The summed E-state index contributed by atoms with van der Waals surface area (Å²) in [6.07, 6.45) is 2.18. The fourth-order valence-electron chi connectivity index (χ4n) is 2.34. The highest BCUT2D eigenvalue weighted by molar-refractivity contribution is 5.55. The van der Waals surface area contributed by atoms with E-state index in [2.05, 4.69) is 0 Å². The second-order valence-electron chi connectivity index (χ2n) is 5.43. The van der Waals surface area contributed by atoms with Crippen molar-refractivity contribution in [1.82, 2.24) is 0 Å². The van der Waals surface area contributed by atoms with Gasteiger partial charge in [0.05, 0.1) is 7.11 Å². The third-order valence-electron chi connectivity index (χ3n) is 3.64. The first kappa shape index (κ1) is 17.7. The maximum atomic E-state index is 10.4. The molecule has 0 saturated heterocycles. The number of aliphatic hydroxyl groups is 1. The molecule has 0 aliphatic carbocycles. The molecule has 0 aliphatic heterocycles. The van der Waals surface area contributed by atoms with Crippen LogP contribution >= 0.6 is 0 Å². The predicted octanol–water partition coefficient (Wildman–Crippen LogP) is 3.64. The second-order valence-corrected chi connectivity index (χ2v) is 5.43. The number of hydrogen-bond acceptors (Lipinski definition) is 5. The van der Waals surface area contributed by atoms with E-state index in [1.54, 1.807) is 31.2 Å². The van der Waals surface area contributed by atoms with Gasteiger partial charge in [0.25, 0.3) is 0 Å². The SMILES string of the molecule is C/C=C/c1ccc(O[C@@H](C)[C@@H](O)c2ccc(O)c(OC)c2)c(O)c1. The first-order valence-electron chi connectivity index (χ1n) is 7.63. The van der Waals surface area contributed by atoms with E-state index in [4.69, 9.17) is 9.47 Å². The predicted molar refractivity (Wildman–Crippen MR) is 92.5 cm³/mol. The Morgan fingerprint density at radius 3 is 2.38 bits per heavy atom. The first-order chi connectivity index (χ1) is 11.5. The van der Waals surface area contributed by atoms with Crippen LogP contribution in [0, 0.1) is 0 Å². The summed E-state index contributed by atoms with van der Waals surface area (Å²) in [6.45, 7) is 3.59. The van der Waals surface area contributed by atoms with Gasteiger partial charge in [-0.25, -0.2) is 0 Å². The quantitative estimate of drug-likeness (QED) is 0.753. The smallest absolute Gasteiger partial charge is 0.161 e. The third-order valence-corrected chi connectivity index (χ3v) is 3.64. The van der Waals surface area contributed by atoms with Crippen molar-refractivity contribution < 1.29 is 24.8 Å². The Morgan fingerprint density at radius 2 is 1.75 bits per heavy atom. The Hall–Kier alpha value is -2.66. The van der Waals surface area contributed by atoms with Crippen LogP contribution in [0.25, 0.3) is 6.08 Å². The number of benzene rings is 2. The van der Waals surface area contributed by atoms with Gasteiger partial charge < -0.3 is 24.8 Å². The van der Waals surface area contributed by atoms with E-state index >= 15 is 0 Å². The molecule has 2 aromatic rings. The number of rotatable bonds is 6. The van der Waals surface area contributed by atoms with Crippen LogP contribution in [-0.2, 0) is 0 Å². The van der Waals surface area contributed by atoms with Crippen LogP contribution in [0.15, 0.2) is 42.5 Å². The Balaban J connectivity index is 2.15. The van der Waals surface area contributed by atoms with Crippen LogP contribution in [0.1, 0.15) is 31.1 Å². The first-order valence-corrected chi connectivity index (χ1v) is 7.63. The molecule has 24 heavy (non-hydrogen) atoms. The molecule has 0 amide bonds. The van der Waals surface area contributed by atoms with Crippen LogP contribution in [-0.4, -0.2) is 28.5 Å². The van der Waals surface area contributed by atoms with Crippen molar-refractivity contribution in [3.05, 3.63) is 53.6 Å². The number of ether oxygens (including phenoxy) is 2. The van der Waals surface area contributed by atoms with Gasteiger partial charge in [-0.05, 0) is 49.2 Å². The zero-order chi connectivity index (χ0) is 17.7. The van der Waals surface area contributed by atoms with Gasteiger partial charge in [-0.15, -0.1) is 0 Å². The summed E-state index contributed by atoms with van der Waals surface area (Å²) in [5, 5.41) is 30.1. The molecule has 5 nitrogen and oxygen atoms in total. The molecule has 0 saturated carbocycles. The second kappa shape index (κ2) is 7.75. The van der Waals surface area contributed by atoms with E-state index in [1.807, 2.05) is 25.1 Å². The number of allylic oxidation sites excluding steroid dienone is 1. The summed E-state index contributed by atoms with van der Waals surface area (Å²) >= 11 is 0. The number of phenolic OH excluding ortho intramolecular Hbond substituents is 2. The highest BCUT2D eigenvalue weighted by Gasteiger charge is 2.20. The van der Waals surface area contributed by atoms with E-state index in [1.165, 1.54) is 13.2 Å². The van der Waals surface area contributed by atoms with Gasteiger partial charge in [-0.1, -0.05) is 24.3 Å². The molecule has 0 heterocycles. The zero-order valence-corrected chi connectivity index (χ0v) is 13.9. The zero-order valence-electron chi connectivity index (χ0n) is 13.9. The van der Waals surface area contributed by atoms with Crippen LogP contribution in [0.4, 0.5) is 0 Å². The van der Waals surface area contributed by atoms with Gasteiger partial charge >= 0.3 is 0 Å². The van der Waals surface area contributed by atoms with Crippen molar-refractivity contribution >= 4 is 6.08 Å². The Morgan fingerprint density at radius 1 is 1.00 bits per heavy atom. The van der Waals surface area contributed by atoms with Gasteiger partial charge in [-0.3, -0.25) is 0 Å². The lowest BCUT2D eigenvalue weighted by molar-refractivity contribution is 0.0450. The molecule has 0 radical (unpaired) electrons. The van der Waals surface area contributed by atoms with Crippen LogP contribution < -0.4 is 9.47 Å². The largest absolute Gasteiger partial charge is 0.504 e. The highest BCUT2D eigenvalue weighted by Crippen LogP contribution is 2.33. The van der Waals surface area contributed by atoms with E-state index in [0.29, 0.717) is 11.3 Å². The molecule has 3 N–H and O–H groups in total. The Bertz CT molecular complexity index is 724. The number of phenols is 2. The standard InChI is InChI=1S/C19H22O5/c1-4-5-13-6-9-17(16(21)10-13)24-12(2)19(22)14-7-8-15(20)18(11-14)23-3/h4-12,19-22H,1-3H3/b5-4+/t12-,19+/m0/s1. The Kier molecular flexibility index (Phi) is 5.71. The van der Waals surface area contributed by atoms with Crippen molar-refractivity contribution in [2.45, 2.75) is 26.1 Å². The molecule has 5 heteroatoms. The molecule has 128 valence electrons. The molecule has 0 aliphatic rings. The minimum absolute atomic E-state index is 0.000710. The topological polar surface area (TPSA) is 79.2 Å². The molecule has 2 atom stereocenters. The van der Waals surface area contributed by atoms with Gasteiger partial charge in [0, 0.05) is 0 Å². The van der Waals surface area contributed by atoms with Crippen molar-refractivity contribution in [3.8, 4) is 23.0 Å². The number of aliphatic hydroxyl groups excluding tert-OH is 1. The van der Waals surface area contributed by atoms with E-state index in [0.717, 1.165) is 5.56 Å². The molecular formula is C19H22O5. The minimum Gasteiger partial charge on any atom is -0.504 e. The van der Waals surface area contributed by atoms with Crippen LogP contribution in [0.5, 0.6) is 23.0 Å². The number of methoxy groups -OCH3 is 1. The van der Waals surface area contributed by atoms with Crippen molar-refractivity contribution in [2.75, 3.05) is 7.11 Å². The molecule has 0 bridgehead atoms. The summed E-state index contributed by atoms with van der Waals surface area (Å²) in [7, 11) is 1.44. The van der Waals surface area contributed by atoms with Gasteiger partial charge in [0.2, 0.25) is 0 Å². The summed E-state index contributed by atoms with van der Waals surface area (Å²) in [5.74, 6) is 0.574. The fourth-order valence-corrected chi connectivity index (χ4v) is 2.34. The molecule has 2 rings (SSSR count). The van der Waals surface area contributed by atoms with E-state index < -0.39 is 12.2 Å². The molecular weight excluding hydrogens is 308 g/mol. The lowest BCUT2D eigenvalue weighted by Gasteiger charge is -2.22. The Labute approximate surface area is 141 Å². The molecule has 0 aromatic heterocycles. The summed E-state index contributed by atoms with van der Waals surface area (Å²) in [6, 6.07) is 9.67. The lowest BCUT2D eigenvalue weighted by atomic mass is 10.0. The van der Waals surface area contributed by atoms with Crippen LogP contribution in [0.3, 0.4) is 0 Å². The minimum atomic E-state index is -0.950. The van der Waals surface area contributed by atoms with E-state index in [-0.39, 0.29) is 17.2 Å².